The number of halogens is 1. The van der Waals surface area contributed by atoms with Gasteiger partial charge in [-0.3, -0.25) is 9.69 Å². The van der Waals surface area contributed by atoms with E-state index in [1.807, 2.05) is 23.1 Å². The van der Waals surface area contributed by atoms with E-state index in [-0.39, 0.29) is 30.0 Å². The zero-order chi connectivity index (χ0) is 21.3. The third kappa shape index (κ3) is 4.33. The van der Waals surface area contributed by atoms with Crippen molar-refractivity contribution in [3.8, 4) is 5.75 Å². The lowest BCUT2D eigenvalue weighted by Gasteiger charge is -2.43. The molecular formula is C22H25ClN2O4S. The molecule has 2 atom stereocenters. The van der Waals surface area contributed by atoms with E-state index in [1.165, 1.54) is 12.7 Å². The highest BCUT2D eigenvalue weighted by Gasteiger charge is 2.49. The summed E-state index contributed by atoms with van der Waals surface area (Å²) in [5.41, 5.74) is 1.85. The first-order chi connectivity index (χ1) is 14.4. The number of benzene rings is 2. The average Bonchev–Trinajstić information content (AvgIpc) is 3.04. The van der Waals surface area contributed by atoms with Gasteiger partial charge in [-0.2, -0.15) is 0 Å². The Morgan fingerprint density at radius 1 is 1.10 bits per heavy atom. The number of ether oxygens (including phenoxy) is 1. The fraction of sp³-hybridized carbons (Fsp3) is 0.409. The second-order valence-corrected chi connectivity index (χ2v) is 10.4. The minimum atomic E-state index is -3.22. The summed E-state index contributed by atoms with van der Waals surface area (Å²) in [5.74, 6) is 0.469. The molecule has 0 unspecified atom stereocenters. The van der Waals surface area contributed by atoms with Gasteiger partial charge >= 0.3 is 0 Å². The number of methoxy groups -OCH3 is 1. The Bertz CT molecular complexity index is 1030. The van der Waals surface area contributed by atoms with Crippen LogP contribution in [0, 0.1) is 0 Å². The summed E-state index contributed by atoms with van der Waals surface area (Å²) in [4.78, 5) is 16.7. The topological polar surface area (TPSA) is 66.9 Å². The van der Waals surface area contributed by atoms with Crippen molar-refractivity contribution in [2.45, 2.75) is 24.9 Å². The number of sulfone groups is 1. The van der Waals surface area contributed by atoms with Crippen LogP contribution in [0.15, 0.2) is 48.5 Å². The highest BCUT2D eigenvalue weighted by atomic mass is 35.5. The monoisotopic (exact) mass is 448 g/mol. The molecule has 2 saturated heterocycles. The lowest BCUT2D eigenvalue weighted by Crippen LogP contribution is -2.62. The molecule has 0 aliphatic carbocycles. The van der Waals surface area contributed by atoms with Gasteiger partial charge in [0.05, 0.1) is 36.2 Å². The highest BCUT2D eigenvalue weighted by Crippen LogP contribution is 2.35. The molecule has 0 N–H and O–H groups in total. The largest absolute Gasteiger partial charge is 0.495 e. The standard InChI is InChI=1S/C22H25ClN2O4S/c1-29-21-10-9-17(12-18(21)23)25-20-15-30(27,28)14-19(20)24(13-22(25)26)11-5-8-16-6-3-2-4-7-16/h2-4,6-7,9-10,12,19-20H,5,8,11,13-15H2,1H3/t19-,20-/m0/s1. The minimum Gasteiger partial charge on any atom is -0.495 e. The van der Waals surface area contributed by atoms with Gasteiger partial charge < -0.3 is 9.64 Å². The SMILES string of the molecule is COc1ccc(N2C(=O)CN(CCCc3ccccc3)[C@H]3CS(=O)(=O)C[C@@H]32)cc1Cl. The Kier molecular flexibility index (Phi) is 6.04. The molecule has 0 aromatic heterocycles. The molecule has 1 amide bonds. The molecule has 160 valence electrons. The van der Waals surface area contributed by atoms with Crippen molar-refractivity contribution < 1.29 is 17.9 Å². The third-order valence-electron chi connectivity index (χ3n) is 5.87. The third-order valence-corrected chi connectivity index (χ3v) is 7.86. The van der Waals surface area contributed by atoms with E-state index in [1.54, 1.807) is 23.1 Å². The van der Waals surface area contributed by atoms with E-state index in [0.29, 0.717) is 23.0 Å². The van der Waals surface area contributed by atoms with Gasteiger partial charge in [-0.25, -0.2) is 8.42 Å². The number of nitrogens with zero attached hydrogens (tertiary/aromatic N) is 2. The summed E-state index contributed by atoms with van der Waals surface area (Å²) in [5, 5.41) is 0.394. The first kappa shape index (κ1) is 21.2. The van der Waals surface area contributed by atoms with Gasteiger partial charge in [0.25, 0.3) is 0 Å². The number of anilines is 1. The van der Waals surface area contributed by atoms with Gasteiger partial charge in [-0.15, -0.1) is 0 Å². The second kappa shape index (κ2) is 8.57. The number of aryl methyl sites for hydroxylation is 1. The lowest BCUT2D eigenvalue weighted by atomic mass is 10.0. The lowest BCUT2D eigenvalue weighted by molar-refractivity contribution is -0.123. The van der Waals surface area contributed by atoms with Crippen LogP contribution in [0.1, 0.15) is 12.0 Å². The highest BCUT2D eigenvalue weighted by molar-refractivity contribution is 7.91. The molecule has 0 radical (unpaired) electrons. The maximum atomic E-state index is 13.1. The Labute approximate surface area is 182 Å². The summed E-state index contributed by atoms with van der Waals surface area (Å²) < 4.78 is 30.1. The number of amides is 1. The predicted octanol–water partition coefficient (Wildman–Crippen LogP) is 2.80. The van der Waals surface area contributed by atoms with Crippen molar-refractivity contribution >= 4 is 33.0 Å². The smallest absolute Gasteiger partial charge is 0.241 e. The average molecular weight is 449 g/mol. The van der Waals surface area contributed by atoms with Crippen molar-refractivity contribution in [1.29, 1.82) is 0 Å². The van der Waals surface area contributed by atoms with E-state index in [9.17, 15) is 13.2 Å². The summed E-state index contributed by atoms with van der Waals surface area (Å²) in [6.07, 6.45) is 1.77. The molecule has 2 aromatic carbocycles. The number of hydrogen-bond acceptors (Lipinski definition) is 5. The molecule has 4 rings (SSSR count). The zero-order valence-electron chi connectivity index (χ0n) is 16.8. The maximum absolute atomic E-state index is 13.1. The van der Waals surface area contributed by atoms with Crippen LogP contribution < -0.4 is 9.64 Å². The number of carbonyl (C=O) groups is 1. The molecular weight excluding hydrogens is 424 g/mol. The van der Waals surface area contributed by atoms with Crippen LogP contribution in [0.2, 0.25) is 5.02 Å². The fourth-order valence-corrected chi connectivity index (χ4v) is 6.71. The van der Waals surface area contributed by atoms with Crippen LogP contribution in [0.5, 0.6) is 5.75 Å². The van der Waals surface area contributed by atoms with Gasteiger partial charge in [0, 0.05) is 11.7 Å². The fourth-order valence-electron chi connectivity index (χ4n) is 4.47. The normalized spacial score (nSPS) is 23.4. The van der Waals surface area contributed by atoms with E-state index in [2.05, 4.69) is 12.1 Å². The zero-order valence-corrected chi connectivity index (χ0v) is 18.4. The van der Waals surface area contributed by atoms with Gasteiger partial charge in [0.2, 0.25) is 5.91 Å². The molecule has 2 aromatic rings. The molecule has 6 nitrogen and oxygen atoms in total. The summed E-state index contributed by atoms with van der Waals surface area (Å²) in [6, 6.07) is 14.7. The molecule has 0 bridgehead atoms. The van der Waals surface area contributed by atoms with Crippen molar-refractivity contribution in [1.82, 2.24) is 4.90 Å². The number of piperazine rings is 1. The Balaban J connectivity index is 1.54. The summed E-state index contributed by atoms with van der Waals surface area (Å²) >= 11 is 6.26. The number of hydrogen-bond donors (Lipinski definition) is 0. The van der Waals surface area contributed by atoms with E-state index in [4.69, 9.17) is 16.3 Å². The summed E-state index contributed by atoms with van der Waals surface area (Å²) in [7, 11) is -1.69. The van der Waals surface area contributed by atoms with Crippen molar-refractivity contribution in [3.05, 3.63) is 59.1 Å². The number of carbonyl (C=O) groups excluding carboxylic acids is 1. The number of rotatable bonds is 6. The first-order valence-electron chi connectivity index (χ1n) is 10.0. The van der Waals surface area contributed by atoms with Crippen LogP contribution in [-0.4, -0.2) is 63.0 Å². The number of fused-ring (bicyclic) bond motifs is 1. The van der Waals surface area contributed by atoms with Crippen LogP contribution in [0.3, 0.4) is 0 Å². The van der Waals surface area contributed by atoms with E-state index >= 15 is 0 Å². The Morgan fingerprint density at radius 2 is 1.83 bits per heavy atom. The van der Waals surface area contributed by atoms with Crippen LogP contribution in [-0.2, 0) is 21.1 Å². The van der Waals surface area contributed by atoms with Gasteiger partial charge in [0.1, 0.15) is 5.75 Å². The van der Waals surface area contributed by atoms with E-state index < -0.39 is 15.9 Å². The van der Waals surface area contributed by atoms with Crippen molar-refractivity contribution in [2.24, 2.45) is 0 Å². The Morgan fingerprint density at radius 3 is 2.53 bits per heavy atom. The molecule has 8 heteroatoms. The van der Waals surface area contributed by atoms with Gasteiger partial charge in [0.15, 0.2) is 9.84 Å². The molecule has 2 aliphatic rings. The predicted molar refractivity (Wildman–Crippen MR) is 118 cm³/mol. The van der Waals surface area contributed by atoms with Gasteiger partial charge in [-0.05, 0) is 43.1 Å². The molecule has 0 spiro atoms. The molecule has 2 fully saturated rings. The Hall–Kier alpha value is -2.09. The summed E-state index contributed by atoms with van der Waals surface area (Å²) in [6.45, 7) is 0.893. The second-order valence-electron chi connectivity index (χ2n) is 7.85. The quantitative estimate of drug-likeness (QED) is 0.679. The minimum absolute atomic E-state index is 0.0256. The van der Waals surface area contributed by atoms with Crippen molar-refractivity contribution in [3.63, 3.8) is 0 Å². The van der Waals surface area contributed by atoms with Crippen LogP contribution >= 0.6 is 11.6 Å². The van der Waals surface area contributed by atoms with E-state index in [0.717, 1.165) is 12.8 Å². The molecule has 30 heavy (non-hydrogen) atoms. The maximum Gasteiger partial charge on any atom is 0.241 e. The molecule has 2 heterocycles. The van der Waals surface area contributed by atoms with Crippen LogP contribution in [0.25, 0.3) is 0 Å². The molecule has 0 saturated carbocycles. The van der Waals surface area contributed by atoms with Gasteiger partial charge in [-0.1, -0.05) is 41.9 Å². The van der Waals surface area contributed by atoms with Crippen LogP contribution in [0.4, 0.5) is 5.69 Å². The molecule has 2 aliphatic heterocycles. The first-order valence-corrected chi connectivity index (χ1v) is 12.2. The van der Waals surface area contributed by atoms with Crippen molar-refractivity contribution in [2.75, 3.05) is 36.6 Å².